The van der Waals surface area contributed by atoms with E-state index in [0.29, 0.717) is 5.56 Å². The Morgan fingerprint density at radius 3 is 2.94 bits per heavy atom. The van der Waals surface area contributed by atoms with E-state index in [-0.39, 0.29) is 6.42 Å². The van der Waals surface area contributed by atoms with Crippen LogP contribution in [0, 0.1) is 0 Å². The van der Waals surface area contributed by atoms with Crippen molar-refractivity contribution < 1.29 is 19.4 Å². The first-order chi connectivity index (χ1) is 7.61. The molecule has 0 aromatic heterocycles. The van der Waals surface area contributed by atoms with Gasteiger partial charge in [0.15, 0.2) is 0 Å². The summed E-state index contributed by atoms with van der Waals surface area (Å²) in [5, 5.41) is 8.81. The molecule has 0 amide bonds. The van der Waals surface area contributed by atoms with E-state index >= 15 is 0 Å². The molecule has 1 N–H and O–H groups in total. The zero-order chi connectivity index (χ0) is 11.7. The number of hydrogen-bond donors (Lipinski definition) is 1. The van der Waals surface area contributed by atoms with Gasteiger partial charge in [-0.3, -0.25) is 0 Å². The van der Waals surface area contributed by atoms with Gasteiger partial charge in [0.1, 0.15) is 0 Å². The number of aliphatic carboxylic acids is 1. The average Bonchev–Trinajstić information content (AvgIpc) is 2.28. The number of cyclic esters (lactones) is 1. The van der Waals surface area contributed by atoms with Gasteiger partial charge in [-0.25, -0.2) is 9.59 Å². The Morgan fingerprint density at radius 1 is 1.56 bits per heavy atom. The zero-order valence-electron chi connectivity index (χ0n) is 8.90. The summed E-state index contributed by atoms with van der Waals surface area (Å²) in [7, 11) is 0. The standard InChI is InChI=1S/C12H12O4/c1-2-7-3-4-8-6-10(11(13)14)16-12(15)9(8)5-7/h3-5,10H,2,6H2,1H3,(H,13,14)/t10-/m1/s1. The summed E-state index contributed by atoms with van der Waals surface area (Å²) in [5.74, 6) is -1.64. The van der Waals surface area contributed by atoms with Gasteiger partial charge in [0.05, 0.1) is 5.56 Å². The maximum atomic E-state index is 11.6. The molecule has 0 bridgehead atoms. The Balaban J connectivity index is 2.38. The summed E-state index contributed by atoms with van der Waals surface area (Å²) in [6, 6.07) is 5.50. The van der Waals surface area contributed by atoms with Crippen molar-refractivity contribution in [2.45, 2.75) is 25.9 Å². The van der Waals surface area contributed by atoms with Crippen molar-refractivity contribution in [3.05, 3.63) is 34.9 Å². The third-order valence-electron chi connectivity index (χ3n) is 2.73. The first-order valence-electron chi connectivity index (χ1n) is 5.17. The van der Waals surface area contributed by atoms with Crippen molar-refractivity contribution in [3.8, 4) is 0 Å². The van der Waals surface area contributed by atoms with Crippen LogP contribution in [0.3, 0.4) is 0 Å². The predicted molar refractivity (Wildman–Crippen MR) is 56.4 cm³/mol. The minimum absolute atomic E-state index is 0.250. The van der Waals surface area contributed by atoms with Crippen LogP contribution in [0.4, 0.5) is 0 Å². The van der Waals surface area contributed by atoms with E-state index in [1.807, 2.05) is 19.1 Å². The number of rotatable bonds is 2. The second-order valence-electron chi connectivity index (χ2n) is 3.78. The number of esters is 1. The molecule has 1 aromatic rings. The van der Waals surface area contributed by atoms with Gasteiger partial charge in [0, 0.05) is 6.42 Å². The molecular weight excluding hydrogens is 208 g/mol. The lowest BCUT2D eigenvalue weighted by Crippen LogP contribution is -2.34. The van der Waals surface area contributed by atoms with Crippen molar-refractivity contribution in [2.75, 3.05) is 0 Å². The molecule has 1 aliphatic heterocycles. The SMILES string of the molecule is CCc1ccc2c(c1)C(=O)O[C@@H](C(=O)O)C2. The van der Waals surface area contributed by atoms with E-state index < -0.39 is 18.0 Å². The molecule has 0 spiro atoms. The van der Waals surface area contributed by atoms with Gasteiger partial charge in [-0.1, -0.05) is 19.1 Å². The van der Waals surface area contributed by atoms with Gasteiger partial charge in [-0.05, 0) is 23.6 Å². The summed E-state index contributed by atoms with van der Waals surface area (Å²) in [4.78, 5) is 22.3. The summed E-state index contributed by atoms with van der Waals surface area (Å²) >= 11 is 0. The molecule has 4 nitrogen and oxygen atoms in total. The molecule has 84 valence electrons. The van der Waals surface area contributed by atoms with E-state index in [4.69, 9.17) is 9.84 Å². The number of carbonyl (C=O) groups is 2. The van der Waals surface area contributed by atoms with E-state index in [1.54, 1.807) is 6.07 Å². The number of carbonyl (C=O) groups excluding carboxylic acids is 1. The van der Waals surface area contributed by atoms with Crippen LogP contribution in [0.2, 0.25) is 0 Å². The first-order valence-corrected chi connectivity index (χ1v) is 5.17. The summed E-state index contributed by atoms with van der Waals surface area (Å²) in [6.07, 6.45) is 0.0380. The van der Waals surface area contributed by atoms with Gasteiger partial charge < -0.3 is 9.84 Å². The van der Waals surface area contributed by atoms with Gasteiger partial charge in [-0.2, -0.15) is 0 Å². The molecule has 1 aliphatic rings. The van der Waals surface area contributed by atoms with Crippen LogP contribution in [0.1, 0.15) is 28.4 Å². The number of carboxylic acids is 1. The van der Waals surface area contributed by atoms with Crippen LogP contribution in [0.5, 0.6) is 0 Å². The largest absolute Gasteiger partial charge is 0.478 e. The minimum Gasteiger partial charge on any atom is -0.478 e. The normalized spacial score (nSPS) is 18.8. The van der Waals surface area contributed by atoms with Gasteiger partial charge in [0.2, 0.25) is 6.10 Å². The molecule has 0 unspecified atom stereocenters. The second-order valence-corrected chi connectivity index (χ2v) is 3.78. The molecule has 1 aromatic carbocycles. The predicted octanol–water partition coefficient (Wildman–Crippen LogP) is 1.42. The Morgan fingerprint density at radius 2 is 2.31 bits per heavy atom. The maximum Gasteiger partial charge on any atom is 0.345 e. The van der Waals surface area contributed by atoms with Crippen molar-refractivity contribution in [2.24, 2.45) is 0 Å². The van der Waals surface area contributed by atoms with Crippen molar-refractivity contribution in [1.82, 2.24) is 0 Å². The highest BCUT2D eigenvalue weighted by atomic mass is 16.6. The van der Waals surface area contributed by atoms with Crippen LogP contribution in [-0.4, -0.2) is 23.1 Å². The molecule has 0 radical (unpaired) electrons. The number of ether oxygens (including phenoxy) is 1. The fraction of sp³-hybridized carbons (Fsp3) is 0.333. The molecule has 4 heteroatoms. The van der Waals surface area contributed by atoms with E-state index in [0.717, 1.165) is 17.5 Å². The second kappa shape index (κ2) is 3.96. The molecule has 0 fully saturated rings. The van der Waals surface area contributed by atoms with Crippen LogP contribution in [-0.2, 0) is 22.4 Å². The van der Waals surface area contributed by atoms with Crippen LogP contribution in [0.25, 0.3) is 0 Å². The third kappa shape index (κ3) is 1.78. The average molecular weight is 220 g/mol. The Hall–Kier alpha value is -1.84. The molecule has 0 saturated carbocycles. The topological polar surface area (TPSA) is 63.6 Å². The van der Waals surface area contributed by atoms with Crippen molar-refractivity contribution >= 4 is 11.9 Å². The Labute approximate surface area is 92.8 Å². The van der Waals surface area contributed by atoms with E-state index in [9.17, 15) is 9.59 Å². The van der Waals surface area contributed by atoms with Gasteiger partial charge in [-0.15, -0.1) is 0 Å². The summed E-state index contributed by atoms with van der Waals surface area (Å²) < 4.78 is 4.84. The lowest BCUT2D eigenvalue weighted by atomic mass is 9.96. The zero-order valence-corrected chi connectivity index (χ0v) is 8.90. The fourth-order valence-corrected chi connectivity index (χ4v) is 1.78. The number of hydrogen-bond acceptors (Lipinski definition) is 3. The fourth-order valence-electron chi connectivity index (χ4n) is 1.78. The molecule has 0 saturated heterocycles. The Bertz CT molecular complexity index is 450. The number of benzene rings is 1. The first kappa shape index (κ1) is 10.7. The number of carboxylic acid groups (broad SMARTS) is 1. The lowest BCUT2D eigenvalue weighted by Gasteiger charge is -2.21. The van der Waals surface area contributed by atoms with Crippen LogP contribution < -0.4 is 0 Å². The number of fused-ring (bicyclic) bond motifs is 1. The van der Waals surface area contributed by atoms with E-state index in [2.05, 4.69) is 0 Å². The third-order valence-corrected chi connectivity index (χ3v) is 2.73. The van der Waals surface area contributed by atoms with Crippen LogP contribution >= 0.6 is 0 Å². The monoisotopic (exact) mass is 220 g/mol. The summed E-state index contributed by atoms with van der Waals surface area (Å²) in [6.45, 7) is 2.00. The van der Waals surface area contributed by atoms with Gasteiger partial charge in [0.25, 0.3) is 0 Å². The highest BCUT2D eigenvalue weighted by Crippen LogP contribution is 2.22. The highest BCUT2D eigenvalue weighted by Gasteiger charge is 2.30. The molecule has 2 rings (SSSR count). The minimum atomic E-state index is -1.10. The molecule has 1 heterocycles. The summed E-state index contributed by atoms with van der Waals surface area (Å²) in [5.41, 5.74) is 2.29. The van der Waals surface area contributed by atoms with Crippen LogP contribution in [0.15, 0.2) is 18.2 Å². The molecule has 1 atom stereocenters. The van der Waals surface area contributed by atoms with Crippen molar-refractivity contribution in [1.29, 1.82) is 0 Å². The maximum absolute atomic E-state index is 11.6. The molecular formula is C12H12O4. The highest BCUT2D eigenvalue weighted by molar-refractivity contribution is 5.94. The Kier molecular flexibility index (Phi) is 2.64. The number of aryl methyl sites for hydroxylation is 1. The van der Waals surface area contributed by atoms with Crippen molar-refractivity contribution in [3.63, 3.8) is 0 Å². The molecule has 16 heavy (non-hydrogen) atoms. The molecule has 0 aliphatic carbocycles. The van der Waals surface area contributed by atoms with E-state index in [1.165, 1.54) is 0 Å². The lowest BCUT2D eigenvalue weighted by molar-refractivity contribution is -0.147. The van der Waals surface area contributed by atoms with Gasteiger partial charge >= 0.3 is 11.9 Å². The quantitative estimate of drug-likeness (QED) is 0.765. The smallest absolute Gasteiger partial charge is 0.345 e.